The second-order valence-electron chi connectivity index (χ2n) is 6.01. The van der Waals surface area contributed by atoms with Gasteiger partial charge in [-0.25, -0.2) is 9.78 Å². The molecule has 0 bridgehead atoms. The predicted molar refractivity (Wildman–Crippen MR) is 64.4 cm³/mol. The molecule has 5 atom stereocenters. The van der Waals surface area contributed by atoms with Crippen LogP contribution < -0.4 is 0 Å². The molecule has 3 nitrogen and oxygen atoms in total. The molecule has 17 heavy (non-hydrogen) atoms. The summed E-state index contributed by atoms with van der Waals surface area (Å²) < 4.78 is 6.25. The van der Waals surface area contributed by atoms with Crippen LogP contribution in [0.25, 0.3) is 0 Å². The second-order valence-corrected chi connectivity index (χ2v) is 6.01. The lowest BCUT2D eigenvalue weighted by Gasteiger charge is -2.42. The summed E-state index contributed by atoms with van der Waals surface area (Å²) in [5, 5.41) is 0. The minimum atomic E-state index is -0.164. The van der Waals surface area contributed by atoms with Crippen molar-refractivity contribution in [2.75, 3.05) is 13.2 Å². The lowest BCUT2D eigenvalue weighted by Crippen LogP contribution is -2.51. The molecule has 98 valence electrons. The van der Waals surface area contributed by atoms with E-state index < -0.39 is 0 Å². The zero-order valence-corrected chi connectivity index (χ0v) is 11.2. The largest absolute Gasteiger partial charge is 0.371 e. The average Bonchev–Trinajstić information content (AvgIpc) is 2.89. The summed E-state index contributed by atoms with van der Waals surface area (Å²) in [5.74, 6) is 1.93. The van der Waals surface area contributed by atoms with Crippen LogP contribution in [0.3, 0.4) is 0 Å². The highest BCUT2D eigenvalue weighted by molar-refractivity contribution is 5.14. The van der Waals surface area contributed by atoms with Crippen molar-refractivity contribution in [3.05, 3.63) is 0 Å². The fourth-order valence-corrected chi connectivity index (χ4v) is 4.59. The third-order valence-electron chi connectivity index (χ3n) is 5.59. The average molecular weight is 240 g/mol. The summed E-state index contributed by atoms with van der Waals surface area (Å²) in [4.78, 5) is 11.2. The fourth-order valence-electron chi connectivity index (χ4n) is 4.59. The Labute approximate surface area is 104 Å². The lowest BCUT2D eigenvalue weighted by molar-refractivity contribution is -0.405. The first-order chi connectivity index (χ1) is 8.21. The number of hydrogen-bond acceptors (Lipinski definition) is 3. The molecule has 0 aromatic rings. The summed E-state index contributed by atoms with van der Waals surface area (Å²) in [6.45, 7) is 8.22. The summed E-state index contributed by atoms with van der Waals surface area (Å²) in [7, 11) is 0. The Morgan fingerprint density at radius 2 is 1.88 bits per heavy atom. The van der Waals surface area contributed by atoms with Gasteiger partial charge < -0.3 is 4.74 Å². The molecule has 0 radical (unpaired) electrons. The van der Waals surface area contributed by atoms with Gasteiger partial charge in [0.05, 0.1) is 18.8 Å². The lowest BCUT2D eigenvalue weighted by atomic mass is 9.72. The summed E-state index contributed by atoms with van der Waals surface area (Å²) in [6.07, 6.45) is 4.53. The molecule has 0 unspecified atom stereocenters. The van der Waals surface area contributed by atoms with Gasteiger partial charge in [-0.05, 0) is 31.1 Å². The standard InChI is InChI=1S/C14H24O3/c1-4-10-7-13(5-2)12-11(10)8-16-17-14(12,6-3)9-15-13/h10-12H,4-9H2,1-3H3/t10-,11+,12+,13-,14-/m1/s1. The Morgan fingerprint density at radius 1 is 1.12 bits per heavy atom. The van der Waals surface area contributed by atoms with E-state index in [4.69, 9.17) is 14.5 Å². The quantitative estimate of drug-likeness (QED) is 0.710. The van der Waals surface area contributed by atoms with Crippen molar-refractivity contribution in [1.82, 2.24) is 0 Å². The van der Waals surface area contributed by atoms with Crippen molar-refractivity contribution >= 4 is 0 Å². The first-order valence-electron chi connectivity index (χ1n) is 7.16. The summed E-state index contributed by atoms with van der Waals surface area (Å²) >= 11 is 0. The molecule has 3 aliphatic rings. The van der Waals surface area contributed by atoms with Crippen molar-refractivity contribution in [2.45, 2.75) is 57.7 Å². The molecule has 0 amide bonds. The zero-order valence-electron chi connectivity index (χ0n) is 11.2. The molecule has 3 heteroatoms. The maximum atomic E-state index is 6.25. The van der Waals surface area contributed by atoms with E-state index in [0.29, 0.717) is 11.8 Å². The van der Waals surface area contributed by atoms with Gasteiger partial charge in [0.2, 0.25) is 0 Å². The SMILES string of the molecule is CC[C@@H]1C[C@@]2(CC)OC[C@@]3(CC)OOC[C@@H]1[C@@H]23. The topological polar surface area (TPSA) is 27.7 Å². The fraction of sp³-hybridized carbons (Fsp3) is 1.00. The molecule has 2 saturated heterocycles. The molecule has 1 aliphatic carbocycles. The Morgan fingerprint density at radius 3 is 2.53 bits per heavy atom. The molecule has 3 fully saturated rings. The van der Waals surface area contributed by atoms with Gasteiger partial charge in [-0.3, -0.25) is 0 Å². The van der Waals surface area contributed by atoms with Crippen LogP contribution >= 0.6 is 0 Å². The molecular formula is C14H24O3. The molecule has 0 aromatic heterocycles. The van der Waals surface area contributed by atoms with Crippen LogP contribution in [0.1, 0.15) is 46.5 Å². The third-order valence-corrected chi connectivity index (χ3v) is 5.59. The Kier molecular flexibility index (Phi) is 2.77. The van der Waals surface area contributed by atoms with Crippen molar-refractivity contribution in [2.24, 2.45) is 17.8 Å². The smallest absolute Gasteiger partial charge is 0.132 e. The molecular weight excluding hydrogens is 216 g/mol. The van der Waals surface area contributed by atoms with Gasteiger partial charge in [-0.15, -0.1) is 0 Å². The van der Waals surface area contributed by atoms with E-state index in [1.54, 1.807) is 0 Å². The van der Waals surface area contributed by atoms with Crippen LogP contribution in [0.2, 0.25) is 0 Å². The van der Waals surface area contributed by atoms with Crippen LogP contribution in [0.4, 0.5) is 0 Å². The predicted octanol–water partition coefficient (Wildman–Crippen LogP) is 2.94. The van der Waals surface area contributed by atoms with Gasteiger partial charge in [0.25, 0.3) is 0 Å². The minimum Gasteiger partial charge on any atom is -0.371 e. The first kappa shape index (κ1) is 11.9. The van der Waals surface area contributed by atoms with E-state index in [0.717, 1.165) is 32.0 Å². The number of hydrogen-bond donors (Lipinski definition) is 0. The van der Waals surface area contributed by atoms with E-state index in [1.165, 1.54) is 12.8 Å². The summed E-state index contributed by atoms with van der Waals surface area (Å²) in [6, 6.07) is 0. The highest BCUT2D eigenvalue weighted by atomic mass is 17.2. The third kappa shape index (κ3) is 1.39. The highest BCUT2D eigenvalue weighted by Crippen LogP contribution is 2.61. The monoisotopic (exact) mass is 240 g/mol. The van der Waals surface area contributed by atoms with Crippen molar-refractivity contribution < 1.29 is 14.5 Å². The molecule has 2 heterocycles. The number of rotatable bonds is 3. The van der Waals surface area contributed by atoms with Crippen molar-refractivity contribution in [3.8, 4) is 0 Å². The Hall–Kier alpha value is -0.120. The first-order valence-corrected chi connectivity index (χ1v) is 7.16. The van der Waals surface area contributed by atoms with E-state index in [-0.39, 0.29) is 11.2 Å². The molecule has 3 rings (SSSR count). The van der Waals surface area contributed by atoms with Gasteiger partial charge in [-0.2, -0.15) is 0 Å². The normalized spacial score (nSPS) is 52.8. The van der Waals surface area contributed by atoms with Crippen LogP contribution in [0.15, 0.2) is 0 Å². The van der Waals surface area contributed by atoms with Crippen molar-refractivity contribution in [3.63, 3.8) is 0 Å². The molecule has 0 N–H and O–H groups in total. The molecule has 2 aliphatic heterocycles. The van der Waals surface area contributed by atoms with E-state index in [2.05, 4.69) is 20.8 Å². The summed E-state index contributed by atoms with van der Waals surface area (Å²) in [5.41, 5.74) is -0.0893. The maximum absolute atomic E-state index is 6.25. The van der Waals surface area contributed by atoms with E-state index in [9.17, 15) is 0 Å². The van der Waals surface area contributed by atoms with Crippen LogP contribution in [-0.2, 0) is 14.5 Å². The van der Waals surface area contributed by atoms with Gasteiger partial charge in [0.15, 0.2) is 0 Å². The Bertz CT molecular complexity index is 306. The maximum Gasteiger partial charge on any atom is 0.132 e. The zero-order chi connectivity index (χ0) is 12.1. The second kappa shape index (κ2) is 3.94. The molecule has 0 spiro atoms. The molecule has 0 aromatic carbocycles. The van der Waals surface area contributed by atoms with Crippen LogP contribution in [0, 0.1) is 17.8 Å². The van der Waals surface area contributed by atoms with Crippen LogP contribution in [0.5, 0.6) is 0 Å². The van der Waals surface area contributed by atoms with Gasteiger partial charge in [0, 0.05) is 5.92 Å². The van der Waals surface area contributed by atoms with E-state index >= 15 is 0 Å². The number of ether oxygens (including phenoxy) is 1. The van der Waals surface area contributed by atoms with Crippen molar-refractivity contribution in [1.29, 1.82) is 0 Å². The van der Waals surface area contributed by atoms with Gasteiger partial charge in [0.1, 0.15) is 5.60 Å². The highest BCUT2D eigenvalue weighted by Gasteiger charge is 2.68. The minimum absolute atomic E-state index is 0.0745. The van der Waals surface area contributed by atoms with Gasteiger partial charge in [-0.1, -0.05) is 27.2 Å². The van der Waals surface area contributed by atoms with Crippen LogP contribution in [-0.4, -0.2) is 24.4 Å². The Balaban J connectivity index is 1.99. The van der Waals surface area contributed by atoms with E-state index in [1.807, 2.05) is 0 Å². The van der Waals surface area contributed by atoms with Gasteiger partial charge >= 0.3 is 0 Å². The molecule has 1 saturated carbocycles.